The molecule has 1 saturated heterocycles. The zero-order valence-electron chi connectivity index (χ0n) is 11.0. The van der Waals surface area contributed by atoms with Crippen molar-refractivity contribution in [3.05, 3.63) is 30.3 Å². The van der Waals surface area contributed by atoms with Gasteiger partial charge in [-0.2, -0.15) is 0 Å². The highest BCUT2D eigenvalue weighted by molar-refractivity contribution is 5.94. The summed E-state index contributed by atoms with van der Waals surface area (Å²) >= 11 is 0. The molecule has 0 bridgehead atoms. The smallest absolute Gasteiger partial charge is 0.242 e. The predicted molar refractivity (Wildman–Crippen MR) is 70.7 cm³/mol. The second-order valence-electron chi connectivity index (χ2n) is 4.50. The van der Waals surface area contributed by atoms with Crippen molar-refractivity contribution < 1.29 is 14.3 Å². The number of nitrogens with zero attached hydrogens (tertiary/aromatic N) is 1. The molecule has 1 aromatic carbocycles. The topological polar surface area (TPSA) is 58.6 Å². The molecule has 102 valence electrons. The summed E-state index contributed by atoms with van der Waals surface area (Å²) in [7, 11) is 0. The fourth-order valence-electron chi connectivity index (χ4n) is 2.03. The summed E-state index contributed by atoms with van der Waals surface area (Å²) < 4.78 is 5.56. The summed E-state index contributed by atoms with van der Waals surface area (Å²) in [5.74, 6) is 0.689. The molecule has 2 rings (SSSR count). The van der Waals surface area contributed by atoms with Gasteiger partial charge in [0, 0.05) is 6.54 Å². The third-order valence-electron chi connectivity index (χ3n) is 3.14. The molecular formula is C14H18N2O3. The van der Waals surface area contributed by atoms with Crippen LogP contribution >= 0.6 is 0 Å². The minimum absolute atomic E-state index is 0.0354. The van der Waals surface area contributed by atoms with Gasteiger partial charge in [0.1, 0.15) is 11.8 Å². The van der Waals surface area contributed by atoms with Crippen molar-refractivity contribution in [3.63, 3.8) is 0 Å². The molecule has 2 amide bonds. The van der Waals surface area contributed by atoms with Crippen LogP contribution < -0.4 is 10.1 Å². The Morgan fingerprint density at radius 1 is 1.32 bits per heavy atom. The molecule has 0 aliphatic carbocycles. The molecule has 5 nitrogen and oxygen atoms in total. The minimum Gasteiger partial charge on any atom is -0.494 e. The SMILES string of the molecule is CC1C(=O)NCC(=O)N1CCCOc1ccccc1. The van der Waals surface area contributed by atoms with Crippen LogP contribution in [-0.2, 0) is 9.59 Å². The summed E-state index contributed by atoms with van der Waals surface area (Å²) in [4.78, 5) is 24.8. The van der Waals surface area contributed by atoms with E-state index in [-0.39, 0.29) is 18.4 Å². The quantitative estimate of drug-likeness (QED) is 0.799. The molecule has 0 aromatic heterocycles. The van der Waals surface area contributed by atoms with Crippen LogP contribution in [0.2, 0.25) is 0 Å². The highest BCUT2D eigenvalue weighted by Crippen LogP contribution is 2.10. The molecular weight excluding hydrogens is 244 g/mol. The normalized spacial score (nSPS) is 19.2. The Bertz CT molecular complexity index is 447. The number of carbonyl (C=O) groups excluding carboxylic acids is 2. The predicted octanol–water partition coefficient (Wildman–Crippen LogP) is 0.802. The Hall–Kier alpha value is -2.04. The highest BCUT2D eigenvalue weighted by Gasteiger charge is 2.30. The van der Waals surface area contributed by atoms with Crippen LogP contribution in [0.5, 0.6) is 5.75 Å². The molecule has 1 N–H and O–H groups in total. The van der Waals surface area contributed by atoms with Crippen molar-refractivity contribution in [2.24, 2.45) is 0 Å². The number of benzene rings is 1. The van der Waals surface area contributed by atoms with Gasteiger partial charge in [0.2, 0.25) is 11.8 Å². The lowest BCUT2D eigenvalue weighted by molar-refractivity contribution is -0.144. The molecule has 5 heteroatoms. The molecule has 1 aliphatic rings. The summed E-state index contributed by atoms with van der Waals surface area (Å²) in [6, 6.07) is 9.15. The second-order valence-corrected chi connectivity index (χ2v) is 4.50. The van der Waals surface area contributed by atoms with Gasteiger partial charge in [-0.1, -0.05) is 18.2 Å². The molecule has 0 radical (unpaired) electrons. The summed E-state index contributed by atoms with van der Waals surface area (Å²) in [5, 5.41) is 2.57. The molecule has 1 unspecified atom stereocenters. The zero-order valence-corrected chi connectivity index (χ0v) is 11.0. The van der Waals surface area contributed by atoms with Crippen molar-refractivity contribution in [1.29, 1.82) is 0 Å². The largest absolute Gasteiger partial charge is 0.494 e. The Morgan fingerprint density at radius 3 is 2.79 bits per heavy atom. The number of para-hydroxylation sites is 1. The van der Waals surface area contributed by atoms with Crippen molar-refractivity contribution in [2.45, 2.75) is 19.4 Å². The second kappa shape index (κ2) is 6.22. The van der Waals surface area contributed by atoms with E-state index in [0.29, 0.717) is 19.6 Å². The van der Waals surface area contributed by atoms with Crippen LogP contribution in [0.15, 0.2) is 30.3 Å². The number of nitrogens with one attached hydrogen (secondary N) is 1. The molecule has 1 atom stereocenters. The van der Waals surface area contributed by atoms with Gasteiger partial charge in [0.05, 0.1) is 13.2 Å². The lowest BCUT2D eigenvalue weighted by Gasteiger charge is -2.32. The van der Waals surface area contributed by atoms with E-state index in [1.165, 1.54) is 0 Å². The number of ether oxygens (including phenoxy) is 1. The lowest BCUT2D eigenvalue weighted by atomic mass is 10.2. The van der Waals surface area contributed by atoms with Crippen molar-refractivity contribution in [3.8, 4) is 5.75 Å². The minimum atomic E-state index is -0.391. The number of amides is 2. The van der Waals surface area contributed by atoms with Crippen LogP contribution in [0, 0.1) is 0 Å². The molecule has 1 fully saturated rings. The monoisotopic (exact) mass is 262 g/mol. The fraction of sp³-hybridized carbons (Fsp3) is 0.429. The van der Waals surface area contributed by atoms with Gasteiger partial charge in [-0.15, -0.1) is 0 Å². The van der Waals surface area contributed by atoms with E-state index in [1.807, 2.05) is 30.3 Å². The number of hydrogen-bond acceptors (Lipinski definition) is 3. The summed E-state index contributed by atoms with van der Waals surface area (Å²) in [6.07, 6.45) is 0.707. The first kappa shape index (κ1) is 13.4. The molecule has 1 aromatic rings. The maximum Gasteiger partial charge on any atom is 0.242 e. The van der Waals surface area contributed by atoms with E-state index in [9.17, 15) is 9.59 Å². The maximum atomic E-state index is 11.7. The average Bonchev–Trinajstić information content (AvgIpc) is 2.43. The van der Waals surface area contributed by atoms with E-state index in [2.05, 4.69) is 5.32 Å². The summed E-state index contributed by atoms with van der Waals surface area (Å²) in [6.45, 7) is 2.91. The lowest BCUT2D eigenvalue weighted by Crippen LogP contribution is -2.57. The van der Waals surface area contributed by atoms with Crippen LogP contribution in [0.25, 0.3) is 0 Å². The van der Waals surface area contributed by atoms with E-state index < -0.39 is 6.04 Å². The maximum absolute atomic E-state index is 11.7. The van der Waals surface area contributed by atoms with Gasteiger partial charge in [-0.25, -0.2) is 0 Å². The number of carbonyl (C=O) groups is 2. The first-order valence-electron chi connectivity index (χ1n) is 6.43. The van der Waals surface area contributed by atoms with Gasteiger partial charge >= 0.3 is 0 Å². The Kier molecular flexibility index (Phi) is 4.39. The third-order valence-corrected chi connectivity index (χ3v) is 3.14. The molecule has 1 aliphatic heterocycles. The van der Waals surface area contributed by atoms with Gasteiger partial charge < -0.3 is 15.0 Å². The van der Waals surface area contributed by atoms with Crippen molar-refractivity contribution in [2.75, 3.05) is 19.7 Å². The van der Waals surface area contributed by atoms with E-state index >= 15 is 0 Å². The Balaban J connectivity index is 1.75. The van der Waals surface area contributed by atoms with Crippen molar-refractivity contribution in [1.82, 2.24) is 10.2 Å². The standard InChI is InChI=1S/C14H18N2O3/c1-11-14(18)15-10-13(17)16(11)8-5-9-19-12-6-3-2-4-7-12/h2-4,6-7,11H,5,8-10H2,1H3,(H,15,18). The first-order valence-corrected chi connectivity index (χ1v) is 6.43. The van der Waals surface area contributed by atoms with Crippen molar-refractivity contribution >= 4 is 11.8 Å². The number of rotatable bonds is 5. The first-order chi connectivity index (χ1) is 9.18. The molecule has 1 heterocycles. The van der Waals surface area contributed by atoms with Gasteiger partial charge in [-0.3, -0.25) is 9.59 Å². The number of piperazine rings is 1. The van der Waals surface area contributed by atoms with E-state index in [1.54, 1.807) is 11.8 Å². The van der Waals surface area contributed by atoms with E-state index in [0.717, 1.165) is 5.75 Å². The van der Waals surface area contributed by atoms with Crippen LogP contribution in [0.4, 0.5) is 0 Å². The fourth-order valence-corrected chi connectivity index (χ4v) is 2.03. The van der Waals surface area contributed by atoms with Gasteiger partial charge in [0.25, 0.3) is 0 Å². The average molecular weight is 262 g/mol. The molecule has 0 spiro atoms. The number of hydrogen-bond donors (Lipinski definition) is 1. The van der Waals surface area contributed by atoms with Crippen LogP contribution in [0.3, 0.4) is 0 Å². The Labute approximate surface area is 112 Å². The van der Waals surface area contributed by atoms with Crippen LogP contribution in [-0.4, -0.2) is 42.5 Å². The summed E-state index contributed by atoms with van der Waals surface area (Å²) in [5.41, 5.74) is 0. The highest BCUT2D eigenvalue weighted by atomic mass is 16.5. The van der Waals surface area contributed by atoms with Crippen LogP contribution in [0.1, 0.15) is 13.3 Å². The van der Waals surface area contributed by atoms with Gasteiger partial charge in [-0.05, 0) is 25.5 Å². The molecule has 19 heavy (non-hydrogen) atoms. The third kappa shape index (κ3) is 3.47. The van der Waals surface area contributed by atoms with Gasteiger partial charge in [0.15, 0.2) is 0 Å². The Morgan fingerprint density at radius 2 is 2.05 bits per heavy atom. The molecule has 0 saturated carbocycles. The zero-order chi connectivity index (χ0) is 13.7. The van der Waals surface area contributed by atoms with E-state index in [4.69, 9.17) is 4.74 Å².